The van der Waals surface area contributed by atoms with Crippen LogP contribution in [0.1, 0.15) is 39.2 Å². The summed E-state index contributed by atoms with van der Waals surface area (Å²) < 4.78 is 5.56. The molecule has 0 heterocycles. The van der Waals surface area contributed by atoms with Crippen molar-refractivity contribution in [3.63, 3.8) is 0 Å². The lowest BCUT2D eigenvalue weighted by atomic mass is 9.82. The van der Waals surface area contributed by atoms with Crippen molar-refractivity contribution in [1.82, 2.24) is 5.32 Å². The van der Waals surface area contributed by atoms with E-state index in [9.17, 15) is 14.7 Å². The standard InChI is InChI=1S/C17H25NO4/c1-5-17(6-2,16(20)21)11-18-15(19)13(4)22-14-9-7-12(3)8-10-14/h7-10,13H,5-6,11H2,1-4H3,(H,18,19)(H,20,21). The number of amides is 1. The van der Waals surface area contributed by atoms with Crippen molar-refractivity contribution in [2.45, 2.75) is 46.6 Å². The van der Waals surface area contributed by atoms with E-state index in [0.717, 1.165) is 5.56 Å². The van der Waals surface area contributed by atoms with E-state index in [-0.39, 0.29) is 12.5 Å². The van der Waals surface area contributed by atoms with Crippen LogP contribution in [0.5, 0.6) is 5.75 Å². The summed E-state index contributed by atoms with van der Waals surface area (Å²) in [4.78, 5) is 23.5. The van der Waals surface area contributed by atoms with E-state index in [0.29, 0.717) is 18.6 Å². The Morgan fingerprint density at radius 2 is 1.77 bits per heavy atom. The average Bonchev–Trinajstić information content (AvgIpc) is 2.50. The van der Waals surface area contributed by atoms with E-state index >= 15 is 0 Å². The average molecular weight is 307 g/mol. The molecule has 2 N–H and O–H groups in total. The number of carboxylic acids is 1. The summed E-state index contributed by atoms with van der Waals surface area (Å²) in [7, 11) is 0. The first-order valence-electron chi connectivity index (χ1n) is 7.59. The van der Waals surface area contributed by atoms with Crippen LogP contribution in [0.4, 0.5) is 0 Å². The van der Waals surface area contributed by atoms with Gasteiger partial charge in [-0.25, -0.2) is 0 Å². The van der Waals surface area contributed by atoms with Gasteiger partial charge in [-0.15, -0.1) is 0 Å². The minimum atomic E-state index is -0.917. The minimum absolute atomic E-state index is 0.107. The summed E-state index contributed by atoms with van der Waals surface area (Å²) in [6, 6.07) is 7.42. The predicted molar refractivity (Wildman–Crippen MR) is 84.9 cm³/mol. The third-order valence-electron chi connectivity index (χ3n) is 4.11. The maximum absolute atomic E-state index is 12.1. The fraction of sp³-hybridized carbons (Fsp3) is 0.529. The number of carbonyl (C=O) groups is 2. The second-order valence-electron chi connectivity index (χ2n) is 5.58. The highest BCUT2D eigenvalue weighted by Gasteiger charge is 2.35. The Morgan fingerprint density at radius 3 is 2.23 bits per heavy atom. The summed E-state index contributed by atoms with van der Waals surface area (Å²) in [6.07, 6.45) is 0.251. The van der Waals surface area contributed by atoms with E-state index in [1.54, 1.807) is 19.1 Å². The Hall–Kier alpha value is -2.04. The maximum atomic E-state index is 12.1. The SMILES string of the molecule is CCC(CC)(CNC(=O)C(C)Oc1ccc(C)cc1)C(=O)O. The first kappa shape index (κ1) is 18.0. The second-order valence-corrected chi connectivity index (χ2v) is 5.58. The van der Waals surface area contributed by atoms with E-state index in [2.05, 4.69) is 5.32 Å². The quantitative estimate of drug-likeness (QED) is 0.774. The third-order valence-corrected chi connectivity index (χ3v) is 4.11. The van der Waals surface area contributed by atoms with Crippen molar-refractivity contribution in [3.05, 3.63) is 29.8 Å². The van der Waals surface area contributed by atoms with Crippen LogP contribution in [0, 0.1) is 12.3 Å². The van der Waals surface area contributed by atoms with Gasteiger partial charge in [0.25, 0.3) is 5.91 Å². The number of aliphatic carboxylic acids is 1. The van der Waals surface area contributed by atoms with E-state index in [1.165, 1.54) is 0 Å². The van der Waals surface area contributed by atoms with Crippen LogP contribution in [-0.2, 0) is 9.59 Å². The summed E-state index contributed by atoms with van der Waals surface area (Å²) in [5, 5.41) is 12.0. The van der Waals surface area contributed by atoms with Crippen LogP contribution in [0.25, 0.3) is 0 Å². The topological polar surface area (TPSA) is 75.6 Å². The van der Waals surface area contributed by atoms with Crippen LogP contribution in [-0.4, -0.2) is 29.6 Å². The van der Waals surface area contributed by atoms with Gasteiger partial charge in [-0.05, 0) is 38.8 Å². The first-order chi connectivity index (χ1) is 10.3. The summed E-state index contributed by atoms with van der Waals surface area (Å²) in [6.45, 7) is 7.36. The molecule has 1 rings (SSSR count). The van der Waals surface area contributed by atoms with Gasteiger partial charge in [-0.2, -0.15) is 0 Å². The van der Waals surface area contributed by atoms with Gasteiger partial charge in [-0.1, -0.05) is 31.5 Å². The minimum Gasteiger partial charge on any atom is -0.481 e. The maximum Gasteiger partial charge on any atom is 0.311 e. The van der Waals surface area contributed by atoms with Crippen LogP contribution in [0.2, 0.25) is 0 Å². The third kappa shape index (κ3) is 4.48. The number of carboxylic acid groups (broad SMARTS) is 1. The van der Waals surface area contributed by atoms with Gasteiger partial charge in [0.1, 0.15) is 5.75 Å². The molecule has 1 aromatic carbocycles. The molecule has 0 spiro atoms. The van der Waals surface area contributed by atoms with Gasteiger partial charge < -0.3 is 15.2 Å². The van der Waals surface area contributed by atoms with Crippen molar-refractivity contribution >= 4 is 11.9 Å². The molecule has 0 bridgehead atoms. The van der Waals surface area contributed by atoms with E-state index in [4.69, 9.17) is 4.74 Å². The summed E-state index contributed by atoms with van der Waals surface area (Å²) in [5.41, 5.74) is 0.195. The van der Waals surface area contributed by atoms with Crippen LogP contribution < -0.4 is 10.1 Å². The van der Waals surface area contributed by atoms with E-state index < -0.39 is 17.5 Å². The zero-order chi connectivity index (χ0) is 16.8. The van der Waals surface area contributed by atoms with Gasteiger partial charge in [0.2, 0.25) is 0 Å². The Bertz CT molecular complexity index is 506. The molecule has 0 radical (unpaired) electrons. The first-order valence-corrected chi connectivity index (χ1v) is 7.59. The highest BCUT2D eigenvalue weighted by atomic mass is 16.5. The molecule has 0 fully saturated rings. The van der Waals surface area contributed by atoms with Crippen molar-refractivity contribution in [2.75, 3.05) is 6.54 Å². The highest BCUT2D eigenvalue weighted by molar-refractivity contribution is 5.82. The van der Waals surface area contributed by atoms with Gasteiger partial charge >= 0.3 is 5.97 Å². The molecule has 1 aromatic rings. The number of aryl methyl sites for hydroxylation is 1. The molecule has 5 nitrogen and oxygen atoms in total. The Morgan fingerprint density at radius 1 is 1.23 bits per heavy atom. The van der Waals surface area contributed by atoms with Crippen LogP contribution in [0.15, 0.2) is 24.3 Å². The number of benzene rings is 1. The smallest absolute Gasteiger partial charge is 0.311 e. The number of carbonyl (C=O) groups excluding carboxylic acids is 1. The Labute approximate surface area is 131 Å². The van der Waals surface area contributed by atoms with Crippen LogP contribution in [0.3, 0.4) is 0 Å². The molecule has 1 unspecified atom stereocenters. The number of hydrogen-bond acceptors (Lipinski definition) is 3. The zero-order valence-corrected chi connectivity index (χ0v) is 13.7. The van der Waals surface area contributed by atoms with Gasteiger partial charge in [0.05, 0.1) is 5.41 Å². The molecule has 0 saturated carbocycles. The largest absolute Gasteiger partial charge is 0.481 e. The van der Waals surface area contributed by atoms with Crippen molar-refractivity contribution < 1.29 is 19.4 Å². The zero-order valence-electron chi connectivity index (χ0n) is 13.7. The number of ether oxygens (including phenoxy) is 1. The molecule has 22 heavy (non-hydrogen) atoms. The number of hydrogen-bond donors (Lipinski definition) is 2. The van der Waals surface area contributed by atoms with Crippen molar-refractivity contribution in [1.29, 1.82) is 0 Å². The molecule has 0 aliphatic heterocycles. The monoisotopic (exact) mass is 307 g/mol. The van der Waals surface area contributed by atoms with Crippen molar-refractivity contribution in [3.8, 4) is 5.75 Å². The second kappa shape index (κ2) is 7.82. The molecule has 0 saturated heterocycles. The van der Waals surface area contributed by atoms with Crippen molar-refractivity contribution in [2.24, 2.45) is 5.41 Å². The lowest BCUT2D eigenvalue weighted by molar-refractivity contribution is -0.149. The van der Waals surface area contributed by atoms with Gasteiger partial charge in [-0.3, -0.25) is 9.59 Å². The highest BCUT2D eigenvalue weighted by Crippen LogP contribution is 2.25. The lowest BCUT2D eigenvalue weighted by Gasteiger charge is -2.27. The molecular formula is C17H25NO4. The van der Waals surface area contributed by atoms with Gasteiger partial charge in [0.15, 0.2) is 6.10 Å². The fourth-order valence-electron chi connectivity index (χ4n) is 2.15. The molecule has 1 atom stereocenters. The van der Waals surface area contributed by atoms with Gasteiger partial charge in [0, 0.05) is 6.54 Å². The molecular weight excluding hydrogens is 282 g/mol. The lowest BCUT2D eigenvalue weighted by Crippen LogP contribution is -2.46. The number of rotatable bonds is 8. The summed E-state index contributed by atoms with van der Waals surface area (Å²) >= 11 is 0. The molecule has 122 valence electrons. The number of nitrogens with one attached hydrogen (secondary N) is 1. The predicted octanol–water partition coefficient (Wildman–Crippen LogP) is 2.77. The Balaban J connectivity index is 2.60. The molecule has 1 amide bonds. The normalized spacial score (nSPS) is 12.5. The molecule has 5 heteroatoms. The van der Waals surface area contributed by atoms with E-state index in [1.807, 2.05) is 32.9 Å². The summed E-state index contributed by atoms with van der Waals surface area (Å²) in [5.74, 6) is -0.582. The van der Waals surface area contributed by atoms with Crippen LogP contribution >= 0.6 is 0 Å². The molecule has 0 aliphatic carbocycles. The Kier molecular flexibility index (Phi) is 6.40. The molecule has 0 aliphatic rings. The molecule has 0 aromatic heterocycles. The fourth-order valence-corrected chi connectivity index (χ4v) is 2.15.